The van der Waals surface area contributed by atoms with Crippen LogP contribution >= 0.6 is 11.8 Å². The van der Waals surface area contributed by atoms with Crippen molar-refractivity contribution in [2.75, 3.05) is 24.7 Å². The van der Waals surface area contributed by atoms with E-state index >= 15 is 0 Å². The molecule has 0 saturated heterocycles. The Kier molecular flexibility index (Phi) is 7.43. The van der Waals surface area contributed by atoms with E-state index in [0.717, 1.165) is 17.0 Å². The average Bonchev–Trinajstić information content (AvgIpc) is 2.70. The van der Waals surface area contributed by atoms with Gasteiger partial charge in [-0.25, -0.2) is 0 Å². The number of nitrogens with zero attached hydrogens (tertiary/aromatic N) is 2. The third-order valence-corrected chi connectivity index (χ3v) is 4.87. The fourth-order valence-corrected chi connectivity index (χ4v) is 3.11. The van der Waals surface area contributed by atoms with Gasteiger partial charge in [-0.3, -0.25) is 19.7 Å². The molecule has 0 radical (unpaired) electrons. The van der Waals surface area contributed by atoms with Crippen LogP contribution in [0.2, 0.25) is 0 Å². The Bertz CT molecular complexity index is 966. The van der Waals surface area contributed by atoms with Gasteiger partial charge in [0.15, 0.2) is 0 Å². The molecule has 0 fully saturated rings. The first-order valence-corrected chi connectivity index (χ1v) is 9.88. The fourth-order valence-electron chi connectivity index (χ4n) is 2.67. The van der Waals surface area contributed by atoms with Crippen LogP contribution in [0.4, 0.5) is 24.5 Å². The number of alkyl halides is 3. The number of rotatable bonds is 7. The van der Waals surface area contributed by atoms with Crippen molar-refractivity contribution in [3.05, 3.63) is 63.7 Å². The molecule has 2 aromatic rings. The number of halogens is 3. The molecule has 0 bridgehead atoms. The average molecular weight is 441 g/mol. The molecule has 0 spiro atoms. The van der Waals surface area contributed by atoms with Crippen molar-refractivity contribution in [1.82, 2.24) is 4.90 Å². The van der Waals surface area contributed by atoms with Gasteiger partial charge in [0.25, 0.3) is 11.6 Å². The minimum Gasteiger partial charge on any atom is -0.329 e. The van der Waals surface area contributed by atoms with Gasteiger partial charge in [0.2, 0.25) is 5.91 Å². The van der Waals surface area contributed by atoms with Crippen molar-refractivity contribution in [3.8, 4) is 0 Å². The normalized spacial score (nSPS) is 11.1. The molecular formula is C19H18F3N3O4S. The molecule has 7 nitrogen and oxygen atoms in total. The summed E-state index contributed by atoms with van der Waals surface area (Å²) in [4.78, 5) is 37.4. The summed E-state index contributed by atoms with van der Waals surface area (Å²) < 4.78 is 39.3. The van der Waals surface area contributed by atoms with E-state index in [1.54, 1.807) is 13.2 Å². The number of amides is 2. The molecule has 0 aliphatic heterocycles. The number of hydrogen-bond acceptors (Lipinski definition) is 5. The second-order valence-electron chi connectivity index (χ2n) is 6.05. The van der Waals surface area contributed by atoms with Gasteiger partial charge in [0.1, 0.15) is 12.1 Å². The van der Waals surface area contributed by atoms with E-state index in [9.17, 15) is 32.9 Å². The number of hydrogen-bond donors (Lipinski definition) is 1. The fraction of sp³-hybridized carbons (Fsp3) is 0.263. The van der Waals surface area contributed by atoms with E-state index in [-0.39, 0.29) is 12.1 Å². The van der Waals surface area contributed by atoms with Crippen LogP contribution in [-0.4, -0.2) is 41.0 Å². The van der Waals surface area contributed by atoms with Gasteiger partial charge in [-0.2, -0.15) is 13.2 Å². The zero-order chi connectivity index (χ0) is 22.5. The molecule has 2 rings (SSSR count). The number of carbonyl (C=O) groups excluding carboxylic acids is 2. The van der Waals surface area contributed by atoms with Crippen molar-refractivity contribution >= 4 is 35.0 Å². The Morgan fingerprint density at radius 3 is 2.43 bits per heavy atom. The zero-order valence-corrected chi connectivity index (χ0v) is 16.8. The molecule has 0 atom stereocenters. The van der Waals surface area contributed by atoms with Crippen LogP contribution < -0.4 is 5.32 Å². The lowest BCUT2D eigenvalue weighted by molar-refractivity contribution is -0.385. The van der Waals surface area contributed by atoms with Crippen LogP contribution in [0.25, 0.3) is 0 Å². The van der Waals surface area contributed by atoms with Gasteiger partial charge < -0.3 is 10.2 Å². The summed E-state index contributed by atoms with van der Waals surface area (Å²) in [7, 11) is 0. The SMILES string of the molecule is CCN(CC(=O)Nc1ccccc1C(F)(F)F)C(=O)c1cc(SC)ccc1[N+](=O)[O-]. The summed E-state index contributed by atoms with van der Waals surface area (Å²) in [5.41, 5.74) is -2.07. The Hall–Kier alpha value is -3.08. The van der Waals surface area contributed by atoms with E-state index in [4.69, 9.17) is 0 Å². The van der Waals surface area contributed by atoms with Crippen LogP contribution in [0, 0.1) is 10.1 Å². The molecule has 30 heavy (non-hydrogen) atoms. The summed E-state index contributed by atoms with van der Waals surface area (Å²) >= 11 is 1.28. The smallest absolute Gasteiger partial charge is 0.329 e. The molecule has 0 aromatic heterocycles. The summed E-state index contributed by atoms with van der Waals surface area (Å²) in [6.45, 7) is 1.01. The van der Waals surface area contributed by atoms with Crippen molar-refractivity contribution < 1.29 is 27.7 Å². The monoisotopic (exact) mass is 441 g/mol. The molecule has 0 aliphatic carbocycles. The maximum atomic E-state index is 13.1. The first kappa shape index (κ1) is 23.2. The Labute approximate surface area is 174 Å². The maximum Gasteiger partial charge on any atom is 0.418 e. The molecular weight excluding hydrogens is 423 g/mol. The maximum absolute atomic E-state index is 13.1. The molecule has 0 unspecified atom stereocenters. The Morgan fingerprint density at radius 2 is 1.87 bits per heavy atom. The predicted molar refractivity (Wildman–Crippen MR) is 107 cm³/mol. The lowest BCUT2D eigenvalue weighted by atomic mass is 10.1. The van der Waals surface area contributed by atoms with Crippen molar-refractivity contribution in [1.29, 1.82) is 0 Å². The second-order valence-corrected chi connectivity index (χ2v) is 6.93. The summed E-state index contributed by atoms with van der Waals surface area (Å²) in [5.74, 6) is -1.62. The largest absolute Gasteiger partial charge is 0.418 e. The lowest BCUT2D eigenvalue weighted by Crippen LogP contribution is -2.38. The summed E-state index contributed by atoms with van der Waals surface area (Å²) in [6, 6.07) is 8.51. The van der Waals surface area contributed by atoms with Gasteiger partial charge in [-0.05, 0) is 37.4 Å². The van der Waals surface area contributed by atoms with E-state index in [2.05, 4.69) is 5.32 Å². The van der Waals surface area contributed by atoms with Gasteiger partial charge in [0, 0.05) is 17.5 Å². The van der Waals surface area contributed by atoms with Crippen LogP contribution in [0.1, 0.15) is 22.8 Å². The number of para-hydroxylation sites is 1. The topological polar surface area (TPSA) is 92.6 Å². The van der Waals surface area contributed by atoms with Gasteiger partial charge in [-0.15, -0.1) is 11.8 Å². The predicted octanol–water partition coefficient (Wildman–Crippen LogP) is 4.44. The zero-order valence-electron chi connectivity index (χ0n) is 16.0. The molecule has 1 N–H and O–H groups in total. The highest BCUT2D eigenvalue weighted by atomic mass is 32.2. The third-order valence-electron chi connectivity index (χ3n) is 4.14. The number of nitro groups is 1. The number of benzene rings is 2. The van der Waals surface area contributed by atoms with Gasteiger partial charge in [-0.1, -0.05) is 12.1 Å². The number of thioether (sulfide) groups is 1. The number of nitro benzene ring substituents is 1. The van der Waals surface area contributed by atoms with Crippen LogP contribution in [0.5, 0.6) is 0 Å². The number of carbonyl (C=O) groups is 2. The highest BCUT2D eigenvalue weighted by Gasteiger charge is 2.34. The second kappa shape index (κ2) is 9.61. The minimum atomic E-state index is -4.66. The van der Waals surface area contributed by atoms with Crippen LogP contribution in [-0.2, 0) is 11.0 Å². The van der Waals surface area contributed by atoms with Crippen molar-refractivity contribution in [2.24, 2.45) is 0 Å². The molecule has 0 saturated carbocycles. The standard InChI is InChI=1S/C19H18F3N3O4S/c1-3-24(18(27)13-10-12(30-2)8-9-16(13)25(28)29)11-17(26)23-15-7-5-4-6-14(15)19(20,21)22/h4-10H,3,11H2,1-2H3,(H,23,26). The van der Waals surface area contributed by atoms with Crippen molar-refractivity contribution in [3.63, 3.8) is 0 Å². The van der Waals surface area contributed by atoms with Gasteiger partial charge in [0.05, 0.1) is 16.2 Å². The third kappa shape index (κ3) is 5.50. The number of anilines is 1. The quantitative estimate of drug-likeness (QED) is 0.390. The first-order chi connectivity index (χ1) is 14.1. The van der Waals surface area contributed by atoms with E-state index in [1.807, 2.05) is 0 Å². The minimum absolute atomic E-state index is 0.0216. The molecule has 0 aliphatic rings. The summed E-state index contributed by atoms with van der Waals surface area (Å²) in [5, 5.41) is 13.4. The molecule has 2 aromatic carbocycles. The lowest BCUT2D eigenvalue weighted by Gasteiger charge is -2.21. The van der Waals surface area contributed by atoms with Crippen molar-refractivity contribution in [2.45, 2.75) is 18.0 Å². The van der Waals surface area contributed by atoms with E-state index in [0.29, 0.717) is 4.90 Å². The Morgan fingerprint density at radius 1 is 1.20 bits per heavy atom. The highest BCUT2D eigenvalue weighted by Crippen LogP contribution is 2.34. The molecule has 160 valence electrons. The van der Waals surface area contributed by atoms with Gasteiger partial charge >= 0.3 is 6.18 Å². The molecule has 0 heterocycles. The summed E-state index contributed by atoms with van der Waals surface area (Å²) in [6.07, 6.45) is -2.93. The molecule has 11 heteroatoms. The number of nitrogens with one attached hydrogen (secondary N) is 1. The van der Waals surface area contributed by atoms with E-state index in [1.165, 1.54) is 42.1 Å². The first-order valence-electron chi connectivity index (χ1n) is 8.66. The molecule has 2 amide bonds. The van der Waals surface area contributed by atoms with Crippen LogP contribution in [0.15, 0.2) is 47.4 Å². The van der Waals surface area contributed by atoms with Crippen LogP contribution in [0.3, 0.4) is 0 Å². The number of likely N-dealkylation sites (N-methyl/N-ethyl adjacent to an activating group) is 1. The van der Waals surface area contributed by atoms with E-state index < -0.39 is 46.4 Å². The highest BCUT2D eigenvalue weighted by molar-refractivity contribution is 7.98. The Balaban J connectivity index is 2.25.